The molecule has 0 heterocycles. The second kappa shape index (κ2) is 14.0. The Bertz CT molecular complexity index is 1320. The SMILES string of the molecule is O=S(=O)(O)OC(CC(CC(O)c1ccccc1)(CC(O)c1ccccc1)CC(O)c1ccccc1)c1ccccc1. The van der Waals surface area contributed by atoms with Crippen LogP contribution >= 0.6 is 0 Å². The minimum absolute atomic E-state index is 0.0332. The quantitative estimate of drug-likeness (QED) is 0.130. The van der Waals surface area contributed by atoms with Crippen molar-refractivity contribution in [2.45, 2.75) is 50.1 Å². The van der Waals surface area contributed by atoms with Gasteiger partial charge in [0.2, 0.25) is 0 Å². The van der Waals surface area contributed by atoms with Crippen molar-refractivity contribution in [1.29, 1.82) is 0 Å². The van der Waals surface area contributed by atoms with Crippen LogP contribution in [0.4, 0.5) is 0 Å². The van der Waals surface area contributed by atoms with Crippen LogP contribution in [0.3, 0.4) is 0 Å². The van der Waals surface area contributed by atoms with E-state index in [1.807, 2.05) is 54.6 Å². The fourth-order valence-electron chi connectivity index (χ4n) is 5.52. The lowest BCUT2D eigenvalue weighted by Gasteiger charge is -2.41. The molecule has 216 valence electrons. The fourth-order valence-corrected chi connectivity index (χ4v) is 6.00. The van der Waals surface area contributed by atoms with E-state index in [1.165, 1.54) is 0 Å². The molecule has 0 aromatic heterocycles. The van der Waals surface area contributed by atoms with Crippen molar-refractivity contribution >= 4 is 10.4 Å². The van der Waals surface area contributed by atoms with Crippen molar-refractivity contribution in [3.8, 4) is 0 Å². The van der Waals surface area contributed by atoms with Crippen LogP contribution in [0, 0.1) is 5.41 Å². The average Bonchev–Trinajstić information content (AvgIpc) is 2.98. The predicted octanol–water partition coefficient (Wildman–Crippen LogP) is 6.29. The van der Waals surface area contributed by atoms with E-state index >= 15 is 0 Å². The molecule has 0 saturated carbocycles. The third-order valence-corrected chi connectivity index (χ3v) is 7.94. The van der Waals surface area contributed by atoms with E-state index in [-0.39, 0.29) is 25.7 Å². The highest BCUT2D eigenvalue weighted by molar-refractivity contribution is 7.80. The molecule has 0 radical (unpaired) electrons. The van der Waals surface area contributed by atoms with Crippen molar-refractivity contribution in [3.63, 3.8) is 0 Å². The van der Waals surface area contributed by atoms with Gasteiger partial charge < -0.3 is 15.3 Å². The van der Waals surface area contributed by atoms with Crippen molar-refractivity contribution in [1.82, 2.24) is 0 Å². The lowest BCUT2D eigenvalue weighted by molar-refractivity contribution is -0.0196. The average molecular weight is 577 g/mol. The number of aliphatic hydroxyl groups excluding tert-OH is 3. The number of rotatable bonds is 14. The molecule has 0 aliphatic carbocycles. The van der Waals surface area contributed by atoms with Gasteiger partial charge in [-0.3, -0.25) is 4.55 Å². The Morgan fingerprint density at radius 1 is 0.512 bits per heavy atom. The van der Waals surface area contributed by atoms with Crippen LogP contribution in [0.1, 0.15) is 72.4 Å². The van der Waals surface area contributed by atoms with Crippen LogP contribution in [-0.2, 0) is 14.6 Å². The summed E-state index contributed by atoms with van der Waals surface area (Å²) in [6.07, 6.45) is -3.96. The summed E-state index contributed by atoms with van der Waals surface area (Å²) in [6, 6.07) is 35.8. The standard InChI is InChI=1S/C33H36O7S/c34-29(25-13-5-1-6-14-25)21-33(22-30(35)26-15-7-2-8-16-26,23-31(36)27-17-9-3-10-18-27)24-32(40-41(37,38)39)28-19-11-4-12-20-28/h1-20,29-32,34-36H,21-24H2,(H,37,38,39). The first-order chi connectivity index (χ1) is 19.6. The minimum atomic E-state index is -4.87. The van der Waals surface area contributed by atoms with E-state index in [4.69, 9.17) is 4.18 Å². The van der Waals surface area contributed by atoms with Crippen LogP contribution in [0.5, 0.6) is 0 Å². The Kier molecular flexibility index (Phi) is 10.4. The zero-order valence-corrected chi connectivity index (χ0v) is 23.4. The smallest absolute Gasteiger partial charge is 0.388 e. The zero-order chi connectivity index (χ0) is 29.3. The second-order valence-corrected chi connectivity index (χ2v) is 11.6. The van der Waals surface area contributed by atoms with E-state index in [0.29, 0.717) is 22.3 Å². The van der Waals surface area contributed by atoms with Gasteiger partial charge in [0.05, 0.1) is 18.3 Å². The molecule has 4 N–H and O–H groups in total. The topological polar surface area (TPSA) is 124 Å². The zero-order valence-electron chi connectivity index (χ0n) is 22.6. The lowest BCUT2D eigenvalue weighted by Crippen LogP contribution is -2.32. The number of hydrogen-bond donors (Lipinski definition) is 4. The van der Waals surface area contributed by atoms with Gasteiger partial charge in [-0.15, -0.1) is 0 Å². The first-order valence-electron chi connectivity index (χ1n) is 13.5. The molecule has 4 rings (SSSR count). The van der Waals surface area contributed by atoms with Crippen LogP contribution in [0.25, 0.3) is 0 Å². The summed E-state index contributed by atoms with van der Waals surface area (Å²) < 4.78 is 39.0. The highest BCUT2D eigenvalue weighted by Crippen LogP contribution is 2.50. The summed E-state index contributed by atoms with van der Waals surface area (Å²) >= 11 is 0. The molecule has 0 bridgehead atoms. The minimum Gasteiger partial charge on any atom is -0.388 e. The molecule has 0 aliphatic heterocycles. The molecule has 0 aliphatic rings. The van der Waals surface area contributed by atoms with Gasteiger partial charge in [0, 0.05) is 0 Å². The predicted molar refractivity (Wildman–Crippen MR) is 157 cm³/mol. The molecule has 7 nitrogen and oxygen atoms in total. The Balaban J connectivity index is 1.81. The molecule has 4 atom stereocenters. The van der Waals surface area contributed by atoms with Crippen LogP contribution in [0.2, 0.25) is 0 Å². The number of hydrogen-bond acceptors (Lipinski definition) is 6. The monoisotopic (exact) mass is 576 g/mol. The molecule has 4 aromatic rings. The van der Waals surface area contributed by atoms with Crippen molar-refractivity contribution < 1.29 is 32.5 Å². The maximum atomic E-state index is 12.0. The maximum absolute atomic E-state index is 12.0. The van der Waals surface area contributed by atoms with E-state index < -0.39 is 40.2 Å². The highest BCUT2D eigenvalue weighted by atomic mass is 32.3. The Morgan fingerprint density at radius 3 is 1.10 bits per heavy atom. The van der Waals surface area contributed by atoms with Crippen LogP contribution in [0.15, 0.2) is 121 Å². The Labute approximate surface area is 241 Å². The van der Waals surface area contributed by atoms with Gasteiger partial charge >= 0.3 is 10.4 Å². The molecule has 41 heavy (non-hydrogen) atoms. The van der Waals surface area contributed by atoms with Gasteiger partial charge in [0.1, 0.15) is 6.10 Å². The van der Waals surface area contributed by atoms with E-state index in [1.54, 1.807) is 66.7 Å². The van der Waals surface area contributed by atoms with Gasteiger partial charge in [-0.25, -0.2) is 4.18 Å². The molecule has 4 aromatic carbocycles. The van der Waals surface area contributed by atoms with E-state index in [9.17, 15) is 28.3 Å². The first-order valence-corrected chi connectivity index (χ1v) is 14.9. The molecule has 0 amide bonds. The third kappa shape index (κ3) is 9.06. The summed E-state index contributed by atoms with van der Waals surface area (Å²) in [4.78, 5) is 0. The largest absolute Gasteiger partial charge is 0.397 e. The maximum Gasteiger partial charge on any atom is 0.397 e. The lowest BCUT2D eigenvalue weighted by atomic mass is 9.67. The number of aliphatic hydroxyl groups is 3. The van der Waals surface area contributed by atoms with Crippen molar-refractivity contribution in [2.75, 3.05) is 0 Å². The van der Waals surface area contributed by atoms with Gasteiger partial charge in [-0.05, 0) is 53.4 Å². The van der Waals surface area contributed by atoms with Gasteiger partial charge in [0.15, 0.2) is 0 Å². The van der Waals surface area contributed by atoms with Gasteiger partial charge in [-0.2, -0.15) is 8.42 Å². The summed E-state index contributed by atoms with van der Waals surface area (Å²) in [5, 5.41) is 34.4. The third-order valence-electron chi connectivity index (χ3n) is 7.46. The molecule has 0 spiro atoms. The molecule has 0 saturated heterocycles. The highest BCUT2D eigenvalue weighted by Gasteiger charge is 2.41. The molecule has 0 fully saturated rings. The van der Waals surface area contributed by atoms with Crippen LogP contribution in [-0.4, -0.2) is 28.3 Å². The normalized spacial score (nSPS) is 16.3. The summed E-state index contributed by atoms with van der Waals surface area (Å²) in [5.41, 5.74) is 1.35. The van der Waals surface area contributed by atoms with E-state index in [2.05, 4.69) is 0 Å². The first kappa shape index (κ1) is 30.6. The Hall–Kier alpha value is -3.37. The fraction of sp³-hybridized carbons (Fsp3) is 0.273. The van der Waals surface area contributed by atoms with Gasteiger partial charge in [0.25, 0.3) is 0 Å². The Morgan fingerprint density at radius 2 is 0.805 bits per heavy atom. The van der Waals surface area contributed by atoms with Gasteiger partial charge in [-0.1, -0.05) is 121 Å². The second-order valence-electron chi connectivity index (χ2n) is 10.5. The molecular formula is C33H36O7S. The number of benzene rings is 4. The van der Waals surface area contributed by atoms with Crippen molar-refractivity contribution in [2.24, 2.45) is 5.41 Å². The van der Waals surface area contributed by atoms with Crippen LogP contribution < -0.4 is 0 Å². The molecule has 8 heteroatoms. The molecular weight excluding hydrogens is 540 g/mol. The summed E-state index contributed by atoms with van der Waals surface area (Å²) in [6.45, 7) is 0. The summed E-state index contributed by atoms with van der Waals surface area (Å²) in [5.74, 6) is 0. The van der Waals surface area contributed by atoms with Crippen molar-refractivity contribution in [3.05, 3.63) is 144 Å². The summed E-state index contributed by atoms with van der Waals surface area (Å²) in [7, 11) is -4.87. The molecule has 4 unspecified atom stereocenters. The van der Waals surface area contributed by atoms with E-state index in [0.717, 1.165) is 0 Å².